The highest BCUT2D eigenvalue weighted by molar-refractivity contribution is 5.85. The van der Waals surface area contributed by atoms with E-state index in [0.29, 0.717) is 6.61 Å². The van der Waals surface area contributed by atoms with E-state index < -0.39 is 0 Å². The number of carbonyl (C=O) groups excluding carboxylic acids is 1. The lowest BCUT2D eigenvalue weighted by Crippen LogP contribution is -2.40. The Hall–Kier alpha value is -0.540. The maximum absolute atomic E-state index is 11.2. The third-order valence-corrected chi connectivity index (χ3v) is 1.91. The molecule has 0 bridgehead atoms. The van der Waals surface area contributed by atoms with Crippen LogP contribution in [0.4, 0.5) is 0 Å². The summed E-state index contributed by atoms with van der Waals surface area (Å²) >= 11 is 0. The van der Waals surface area contributed by atoms with E-state index in [1.54, 1.807) is 0 Å². The summed E-state index contributed by atoms with van der Waals surface area (Å²) in [4.78, 5) is 11.2. The summed E-state index contributed by atoms with van der Waals surface area (Å²) in [7, 11) is 0. The van der Waals surface area contributed by atoms with Crippen molar-refractivity contribution >= 4 is 18.4 Å². The molecule has 0 saturated carbocycles. The van der Waals surface area contributed by atoms with Crippen molar-refractivity contribution in [2.75, 3.05) is 13.2 Å². The Labute approximate surface area is 84.9 Å². The van der Waals surface area contributed by atoms with E-state index in [4.69, 9.17) is 4.74 Å². The lowest BCUT2D eigenvalue weighted by molar-refractivity contribution is -0.145. The molecule has 3 nitrogen and oxygen atoms in total. The molecule has 1 aliphatic heterocycles. The number of hydrogen-bond acceptors (Lipinski definition) is 3. The van der Waals surface area contributed by atoms with E-state index in [9.17, 15) is 4.79 Å². The second-order valence-electron chi connectivity index (χ2n) is 2.97. The molecule has 0 aromatic carbocycles. The fourth-order valence-corrected chi connectivity index (χ4v) is 1.26. The van der Waals surface area contributed by atoms with Crippen LogP contribution in [0.15, 0.2) is 11.6 Å². The van der Waals surface area contributed by atoms with Gasteiger partial charge in [0.2, 0.25) is 0 Å². The van der Waals surface area contributed by atoms with Crippen LogP contribution in [0.25, 0.3) is 0 Å². The molecule has 0 aliphatic carbocycles. The second-order valence-corrected chi connectivity index (χ2v) is 2.97. The Balaban J connectivity index is 0.00000144. The largest absolute Gasteiger partial charge is 0.465 e. The van der Waals surface area contributed by atoms with Crippen molar-refractivity contribution < 1.29 is 9.53 Å². The first kappa shape index (κ1) is 12.5. The van der Waals surface area contributed by atoms with Crippen molar-refractivity contribution in [1.82, 2.24) is 5.32 Å². The van der Waals surface area contributed by atoms with Crippen molar-refractivity contribution in [2.45, 2.75) is 26.3 Å². The van der Waals surface area contributed by atoms with Crippen molar-refractivity contribution in [1.29, 1.82) is 0 Å². The monoisotopic (exact) mass is 205 g/mol. The van der Waals surface area contributed by atoms with Gasteiger partial charge in [-0.15, -0.1) is 12.4 Å². The number of carbonyl (C=O) groups is 1. The maximum atomic E-state index is 11.2. The van der Waals surface area contributed by atoms with E-state index >= 15 is 0 Å². The zero-order valence-corrected chi connectivity index (χ0v) is 8.82. The molecule has 76 valence electrons. The van der Waals surface area contributed by atoms with Crippen molar-refractivity contribution in [3.63, 3.8) is 0 Å². The smallest absolute Gasteiger partial charge is 0.323 e. The molecule has 0 spiro atoms. The van der Waals surface area contributed by atoms with Gasteiger partial charge in [-0.25, -0.2) is 0 Å². The zero-order valence-electron chi connectivity index (χ0n) is 8.00. The van der Waals surface area contributed by atoms with Crippen molar-refractivity contribution in [3.8, 4) is 0 Å². The molecule has 1 rings (SSSR count). The number of ether oxygens (including phenoxy) is 1. The average molecular weight is 206 g/mol. The van der Waals surface area contributed by atoms with Gasteiger partial charge in [0.1, 0.15) is 6.04 Å². The van der Waals surface area contributed by atoms with Crippen LogP contribution in [-0.4, -0.2) is 25.2 Å². The van der Waals surface area contributed by atoms with Gasteiger partial charge in [-0.2, -0.15) is 0 Å². The standard InChI is InChI=1S/C9H15NO2.ClH/c1-3-12-9(11)8-6-7(2)4-5-10-8;/h4,8,10H,3,5-6H2,1-2H3;1H/t8-;/m0./s1. The lowest BCUT2D eigenvalue weighted by Gasteiger charge is -2.20. The SMILES string of the molecule is CCOC(=O)[C@@H]1CC(C)=CCN1.Cl. The molecule has 4 heteroatoms. The van der Waals surface area contributed by atoms with Gasteiger partial charge in [0.05, 0.1) is 6.61 Å². The molecule has 1 heterocycles. The van der Waals surface area contributed by atoms with Crippen LogP contribution < -0.4 is 5.32 Å². The molecule has 1 aliphatic rings. The van der Waals surface area contributed by atoms with Crippen molar-refractivity contribution in [3.05, 3.63) is 11.6 Å². The molecule has 0 aromatic rings. The fraction of sp³-hybridized carbons (Fsp3) is 0.667. The quantitative estimate of drug-likeness (QED) is 0.545. The first-order valence-corrected chi connectivity index (χ1v) is 4.29. The fourth-order valence-electron chi connectivity index (χ4n) is 1.26. The van der Waals surface area contributed by atoms with Crippen LogP contribution in [0.2, 0.25) is 0 Å². The van der Waals surface area contributed by atoms with Crippen LogP contribution >= 0.6 is 12.4 Å². The summed E-state index contributed by atoms with van der Waals surface area (Å²) < 4.78 is 4.90. The van der Waals surface area contributed by atoms with Crippen LogP contribution in [0, 0.1) is 0 Å². The molecule has 1 atom stereocenters. The predicted molar refractivity (Wildman–Crippen MR) is 54.0 cm³/mol. The van der Waals surface area contributed by atoms with Gasteiger partial charge in [-0.05, 0) is 20.3 Å². The van der Waals surface area contributed by atoms with Gasteiger partial charge in [0.15, 0.2) is 0 Å². The minimum absolute atomic E-state index is 0. The number of nitrogens with one attached hydrogen (secondary N) is 1. The Morgan fingerprint density at radius 1 is 1.77 bits per heavy atom. The Morgan fingerprint density at radius 3 is 3.00 bits per heavy atom. The Bertz CT molecular complexity index is 204. The second kappa shape index (κ2) is 6.00. The molecule has 0 fully saturated rings. The van der Waals surface area contributed by atoms with E-state index in [2.05, 4.69) is 11.4 Å². The van der Waals surface area contributed by atoms with Gasteiger partial charge >= 0.3 is 5.97 Å². The summed E-state index contributed by atoms with van der Waals surface area (Å²) in [5, 5.41) is 3.08. The van der Waals surface area contributed by atoms with Gasteiger partial charge in [-0.3, -0.25) is 4.79 Å². The molecule has 0 unspecified atom stereocenters. The van der Waals surface area contributed by atoms with E-state index in [1.807, 2.05) is 13.8 Å². The van der Waals surface area contributed by atoms with E-state index in [0.717, 1.165) is 13.0 Å². The molecular formula is C9H16ClNO2. The van der Waals surface area contributed by atoms with Gasteiger partial charge in [-0.1, -0.05) is 11.6 Å². The maximum Gasteiger partial charge on any atom is 0.323 e. The van der Waals surface area contributed by atoms with Crippen LogP contribution in [0.5, 0.6) is 0 Å². The zero-order chi connectivity index (χ0) is 8.97. The highest BCUT2D eigenvalue weighted by atomic mass is 35.5. The molecule has 0 aromatic heterocycles. The first-order valence-electron chi connectivity index (χ1n) is 4.29. The first-order chi connectivity index (χ1) is 5.74. The van der Waals surface area contributed by atoms with Gasteiger partial charge in [0, 0.05) is 6.54 Å². The lowest BCUT2D eigenvalue weighted by atomic mass is 10.0. The summed E-state index contributed by atoms with van der Waals surface area (Å²) in [6.07, 6.45) is 2.87. The third kappa shape index (κ3) is 3.79. The average Bonchev–Trinajstić information content (AvgIpc) is 2.05. The molecule has 0 saturated heterocycles. The third-order valence-electron chi connectivity index (χ3n) is 1.91. The molecule has 0 amide bonds. The number of rotatable bonds is 2. The molecule has 0 radical (unpaired) electrons. The highest BCUT2D eigenvalue weighted by Gasteiger charge is 2.21. The summed E-state index contributed by atoms with van der Waals surface area (Å²) in [5.74, 6) is -0.134. The summed E-state index contributed by atoms with van der Waals surface area (Å²) in [6, 6.07) is -0.130. The highest BCUT2D eigenvalue weighted by Crippen LogP contribution is 2.09. The number of halogens is 1. The summed E-state index contributed by atoms with van der Waals surface area (Å²) in [5.41, 5.74) is 1.26. The number of esters is 1. The van der Waals surface area contributed by atoms with Crippen LogP contribution in [-0.2, 0) is 9.53 Å². The van der Waals surface area contributed by atoms with E-state index in [-0.39, 0.29) is 24.4 Å². The van der Waals surface area contributed by atoms with Crippen molar-refractivity contribution in [2.24, 2.45) is 0 Å². The van der Waals surface area contributed by atoms with Gasteiger partial charge in [0.25, 0.3) is 0 Å². The predicted octanol–water partition coefficient (Wildman–Crippen LogP) is 1.28. The normalized spacial score (nSPS) is 21.4. The van der Waals surface area contributed by atoms with Gasteiger partial charge < -0.3 is 10.1 Å². The summed E-state index contributed by atoms with van der Waals surface area (Å²) in [6.45, 7) is 5.09. The Kier molecular flexibility index (Phi) is 5.75. The molecule has 13 heavy (non-hydrogen) atoms. The molecule has 1 N–H and O–H groups in total. The van der Waals surface area contributed by atoms with Crippen LogP contribution in [0.3, 0.4) is 0 Å². The van der Waals surface area contributed by atoms with E-state index in [1.165, 1.54) is 5.57 Å². The van der Waals surface area contributed by atoms with Crippen LogP contribution in [0.1, 0.15) is 20.3 Å². The Morgan fingerprint density at radius 2 is 2.46 bits per heavy atom. The topological polar surface area (TPSA) is 38.3 Å². The minimum atomic E-state index is -0.134. The number of hydrogen-bond donors (Lipinski definition) is 1. The minimum Gasteiger partial charge on any atom is -0.465 e. The molecular weight excluding hydrogens is 190 g/mol.